The Morgan fingerprint density at radius 3 is 1.88 bits per heavy atom. The van der Waals surface area contributed by atoms with Gasteiger partial charge in [0.1, 0.15) is 0 Å². The van der Waals surface area contributed by atoms with Crippen molar-refractivity contribution < 1.29 is 4.74 Å². The summed E-state index contributed by atoms with van der Waals surface area (Å²) in [6.45, 7) is 14.2. The van der Waals surface area contributed by atoms with Crippen molar-refractivity contribution in [2.45, 2.75) is 45.8 Å². The second kappa shape index (κ2) is 5.99. The Labute approximate surface area is 102 Å². The van der Waals surface area contributed by atoms with E-state index in [4.69, 9.17) is 4.74 Å². The molecular formula is C13H30N2O. The minimum Gasteiger partial charge on any atom is -0.377 e. The molecule has 0 unspecified atom stereocenters. The molecule has 0 heterocycles. The van der Waals surface area contributed by atoms with Gasteiger partial charge in [0.15, 0.2) is 0 Å². The molecule has 0 amide bonds. The normalized spacial score (nSPS) is 13.9. The molecule has 0 spiro atoms. The van der Waals surface area contributed by atoms with Gasteiger partial charge in [0.2, 0.25) is 0 Å². The van der Waals surface area contributed by atoms with E-state index in [1.165, 1.54) is 0 Å². The Hall–Kier alpha value is -0.120. The van der Waals surface area contributed by atoms with Gasteiger partial charge in [0.05, 0.1) is 5.60 Å². The van der Waals surface area contributed by atoms with Gasteiger partial charge in [-0.25, -0.2) is 0 Å². The summed E-state index contributed by atoms with van der Waals surface area (Å²) < 4.78 is 5.60. The van der Waals surface area contributed by atoms with E-state index in [2.05, 4.69) is 58.5 Å². The minimum absolute atomic E-state index is 0.0241. The van der Waals surface area contributed by atoms with E-state index in [1.54, 1.807) is 7.11 Å². The lowest BCUT2D eigenvalue weighted by Crippen LogP contribution is -2.58. The van der Waals surface area contributed by atoms with Gasteiger partial charge in [-0.3, -0.25) is 4.90 Å². The third kappa shape index (κ3) is 3.72. The van der Waals surface area contributed by atoms with E-state index < -0.39 is 0 Å². The second-order valence-electron chi connectivity index (χ2n) is 5.59. The zero-order valence-corrected chi connectivity index (χ0v) is 12.4. The smallest absolute Gasteiger partial charge is 0.0800 e. The molecule has 0 rings (SSSR count). The SMILES string of the molecule is CCN(C)CCN(C)C(C)(C)C(C)(C)OC. The van der Waals surface area contributed by atoms with E-state index in [-0.39, 0.29) is 11.1 Å². The van der Waals surface area contributed by atoms with Crippen molar-refractivity contribution in [2.75, 3.05) is 40.8 Å². The number of methoxy groups -OCH3 is 1. The van der Waals surface area contributed by atoms with Gasteiger partial charge in [-0.1, -0.05) is 6.92 Å². The first kappa shape index (κ1) is 15.9. The minimum atomic E-state index is -0.146. The molecule has 0 atom stereocenters. The molecule has 3 nitrogen and oxygen atoms in total. The van der Waals surface area contributed by atoms with Crippen LogP contribution in [0, 0.1) is 0 Å². The molecule has 3 heteroatoms. The van der Waals surface area contributed by atoms with Crippen LogP contribution in [0.2, 0.25) is 0 Å². The van der Waals surface area contributed by atoms with Crippen molar-refractivity contribution in [1.82, 2.24) is 9.80 Å². The van der Waals surface area contributed by atoms with Crippen molar-refractivity contribution in [1.29, 1.82) is 0 Å². The highest BCUT2D eigenvalue weighted by molar-refractivity contribution is 4.95. The van der Waals surface area contributed by atoms with Crippen molar-refractivity contribution in [3.8, 4) is 0 Å². The Bertz CT molecular complexity index is 202. The Balaban J connectivity index is 4.41. The molecule has 0 aromatic carbocycles. The molecule has 0 aromatic rings. The first-order valence-electron chi connectivity index (χ1n) is 6.14. The van der Waals surface area contributed by atoms with E-state index in [0.717, 1.165) is 19.6 Å². The van der Waals surface area contributed by atoms with Gasteiger partial charge in [0, 0.05) is 25.7 Å². The Morgan fingerprint density at radius 2 is 1.50 bits per heavy atom. The average molecular weight is 230 g/mol. The summed E-state index contributed by atoms with van der Waals surface area (Å²) in [7, 11) is 6.11. The van der Waals surface area contributed by atoms with Crippen molar-refractivity contribution in [2.24, 2.45) is 0 Å². The fraction of sp³-hybridized carbons (Fsp3) is 1.00. The molecular weight excluding hydrogens is 200 g/mol. The molecule has 0 N–H and O–H groups in total. The molecule has 0 bridgehead atoms. The summed E-state index contributed by atoms with van der Waals surface area (Å²) in [5.41, 5.74) is -0.122. The zero-order valence-electron chi connectivity index (χ0n) is 12.4. The van der Waals surface area contributed by atoms with Crippen LogP contribution >= 0.6 is 0 Å². The van der Waals surface area contributed by atoms with E-state index in [1.807, 2.05) is 0 Å². The summed E-state index contributed by atoms with van der Waals surface area (Å²) in [6.07, 6.45) is 0. The Morgan fingerprint density at radius 1 is 1.00 bits per heavy atom. The molecule has 0 aliphatic carbocycles. The summed E-state index contributed by atoms with van der Waals surface area (Å²) in [5, 5.41) is 0. The van der Waals surface area contributed by atoms with Gasteiger partial charge in [-0.05, 0) is 48.3 Å². The average Bonchev–Trinajstić information content (AvgIpc) is 2.24. The van der Waals surface area contributed by atoms with Gasteiger partial charge in [-0.15, -0.1) is 0 Å². The largest absolute Gasteiger partial charge is 0.377 e. The maximum atomic E-state index is 5.60. The zero-order chi connectivity index (χ0) is 13.0. The summed E-state index contributed by atoms with van der Waals surface area (Å²) in [6, 6.07) is 0. The first-order chi connectivity index (χ1) is 7.19. The van der Waals surface area contributed by atoms with Crippen molar-refractivity contribution in [3.63, 3.8) is 0 Å². The number of hydrogen-bond acceptors (Lipinski definition) is 3. The van der Waals surface area contributed by atoms with Crippen LogP contribution in [-0.2, 0) is 4.74 Å². The molecule has 16 heavy (non-hydrogen) atoms. The molecule has 0 saturated heterocycles. The van der Waals surface area contributed by atoms with E-state index in [0.29, 0.717) is 0 Å². The van der Waals surface area contributed by atoms with Crippen LogP contribution in [0.3, 0.4) is 0 Å². The number of likely N-dealkylation sites (N-methyl/N-ethyl adjacent to an activating group) is 2. The lowest BCUT2D eigenvalue weighted by atomic mass is 9.84. The molecule has 0 aliphatic heterocycles. The molecule has 0 radical (unpaired) electrons. The van der Waals surface area contributed by atoms with Crippen LogP contribution in [0.15, 0.2) is 0 Å². The predicted molar refractivity (Wildman–Crippen MR) is 71.0 cm³/mol. The topological polar surface area (TPSA) is 15.7 Å². The van der Waals surface area contributed by atoms with E-state index in [9.17, 15) is 0 Å². The van der Waals surface area contributed by atoms with Crippen molar-refractivity contribution >= 4 is 0 Å². The highest BCUT2D eigenvalue weighted by Gasteiger charge is 2.40. The number of ether oxygens (including phenoxy) is 1. The highest BCUT2D eigenvalue weighted by Crippen LogP contribution is 2.29. The fourth-order valence-electron chi connectivity index (χ4n) is 1.47. The summed E-state index contributed by atoms with van der Waals surface area (Å²) >= 11 is 0. The number of rotatable bonds is 7. The van der Waals surface area contributed by atoms with Crippen molar-refractivity contribution in [3.05, 3.63) is 0 Å². The fourth-order valence-corrected chi connectivity index (χ4v) is 1.47. The number of hydrogen-bond donors (Lipinski definition) is 0. The summed E-state index contributed by atoms with van der Waals surface area (Å²) in [5.74, 6) is 0. The maximum Gasteiger partial charge on any atom is 0.0800 e. The lowest BCUT2D eigenvalue weighted by molar-refractivity contribution is -0.0915. The number of nitrogens with zero attached hydrogens (tertiary/aromatic N) is 2. The van der Waals surface area contributed by atoms with E-state index >= 15 is 0 Å². The molecule has 0 aromatic heterocycles. The first-order valence-corrected chi connectivity index (χ1v) is 6.14. The van der Waals surface area contributed by atoms with Crippen LogP contribution in [-0.4, -0.2) is 61.8 Å². The quantitative estimate of drug-likeness (QED) is 0.666. The van der Waals surface area contributed by atoms with Gasteiger partial charge in [0.25, 0.3) is 0 Å². The molecule has 0 aliphatic rings. The third-order valence-corrected chi connectivity index (χ3v) is 4.29. The predicted octanol–water partition coefficient (Wildman–Crippen LogP) is 2.07. The molecule has 0 fully saturated rings. The second-order valence-corrected chi connectivity index (χ2v) is 5.59. The highest BCUT2D eigenvalue weighted by atomic mass is 16.5. The van der Waals surface area contributed by atoms with Crippen LogP contribution in [0.25, 0.3) is 0 Å². The summed E-state index contributed by atoms with van der Waals surface area (Å²) in [4.78, 5) is 4.70. The molecule has 0 saturated carbocycles. The monoisotopic (exact) mass is 230 g/mol. The third-order valence-electron chi connectivity index (χ3n) is 4.29. The van der Waals surface area contributed by atoms with Gasteiger partial charge >= 0.3 is 0 Å². The van der Waals surface area contributed by atoms with Gasteiger partial charge in [-0.2, -0.15) is 0 Å². The van der Waals surface area contributed by atoms with Crippen LogP contribution in [0.4, 0.5) is 0 Å². The van der Waals surface area contributed by atoms with Crippen LogP contribution < -0.4 is 0 Å². The van der Waals surface area contributed by atoms with Crippen LogP contribution in [0.5, 0.6) is 0 Å². The Kier molecular flexibility index (Phi) is 5.94. The standard InChI is InChI=1S/C13H30N2O/c1-9-14(6)10-11-15(7)12(2,3)13(4,5)16-8/h9-11H2,1-8H3. The molecule has 98 valence electrons. The van der Waals surface area contributed by atoms with Gasteiger partial charge < -0.3 is 9.64 Å². The lowest BCUT2D eigenvalue weighted by Gasteiger charge is -2.47. The maximum absolute atomic E-state index is 5.60. The van der Waals surface area contributed by atoms with Crippen LogP contribution in [0.1, 0.15) is 34.6 Å².